The monoisotopic (exact) mass is 131 g/mol. The molecule has 0 bridgehead atoms. The number of aliphatic hydroxyl groups is 1. The first-order valence-corrected chi connectivity index (χ1v) is 2.54. The van der Waals surface area contributed by atoms with Crippen molar-refractivity contribution in [3.63, 3.8) is 0 Å². The van der Waals surface area contributed by atoms with Crippen molar-refractivity contribution in [1.29, 1.82) is 0 Å². The van der Waals surface area contributed by atoms with Crippen LogP contribution in [-0.2, 0) is 9.59 Å². The number of amides is 1. The van der Waals surface area contributed by atoms with Gasteiger partial charge in [0.25, 0.3) is 0 Å². The van der Waals surface area contributed by atoms with E-state index in [0.29, 0.717) is 6.29 Å². The highest BCUT2D eigenvalue weighted by atomic mass is 16.3. The fourth-order valence-electron chi connectivity index (χ4n) is 0.296. The second-order valence-corrected chi connectivity index (χ2v) is 1.64. The maximum atomic E-state index is 10.1. The van der Waals surface area contributed by atoms with Crippen LogP contribution in [0.3, 0.4) is 0 Å². The Kier molecular flexibility index (Phi) is 3.62. The van der Waals surface area contributed by atoms with Crippen LogP contribution in [0, 0.1) is 0 Å². The molecule has 0 aromatic carbocycles. The molecule has 0 rings (SSSR count). The molecule has 2 N–H and O–H groups in total. The van der Waals surface area contributed by atoms with Gasteiger partial charge in [-0.2, -0.15) is 0 Å². The number of aldehydes is 1. The van der Waals surface area contributed by atoms with E-state index in [-0.39, 0.29) is 12.5 Å². The Balaban J connectivity index is 3.26. The van der Waals surface area contributed by atoms with Crippen LogP contribution in [0.4, 0.5) is 0 Å². The quantitative estimate of drug-likeness (QED) is 0.467. The first-order chi connectivity index (χ1) is 4.16. The smallest absolute Gasteiger partial charge is 0.216 e. The van der Waals surface area contributed by atoms with Gasteiger partial charge >= 0.3 is 0 Å². The van der Waals surface area contributed by atoms with Crippen molar-refractivity contribution >= 4 is 12.2 Å². The lowest BCUT2D eigenvalue weighted by molar-refractivity contribution is -0.120. The molecule has 4 nitrogen and oxygen atoms in total. The van der Waals surface area contributed by atoms with Crippen LogP contribution in [0.25, 0.3) is 0 Å². The van der Waals surface area contributed by atoms with E-state index in [0.717, 1.165) is 0 Å². The summed E-state index contributed by atoms with van der Waals surface area (Å²) in [6, 6.07) is 0. The zero-order chi connectivity index (χ0) is 7.28. The maximum Gasteiger partial charge on any atom is 0.216 e. The number of aliphatic hydroxyl groups excluding tert-OH is 1. The standard InChI is InChI=1S/C5H9NO3/c1-4(8)6-2-5(9)3-7/h3,5,9H,2H2,1H3,(H,6,8). The minimum atomic E-state index is -1.08. The zero-order valence-electron chi connectivity index (χ0n) is 5.13. The van der Waals surface area contributed by atoms with E-state index in [1.54, 1.807) is 0 Å². The number of nitrogens with one attached hydrogen (secondary N) is 1. The van der Waals surface area contributed by atoms with Gasteiger partial charge in [-0.25, -0.2) is 0 Å². The van der Waals surface area contributed by atoms with Gasteiger partial charge in [0.2, 0.25) is 5.91 Å². The number of carbonyl (C=O) groups excluding carboxylic acids is 2. The molecule has 0 radical (unpaired) electrons. The molecule has 9 heavy (non-hydrogen) atoms. The Bertz CT molecular complexity index is 113. The van der Waals surface area contributed by atoms with Crippen LogP contribution in [-0.4, -0.2) is 29.9 Å². The van der Waals surface area contributed by atoms with E-state index in [2.05, 4.69) is 5.32 Å². The van der Waals surface area contributed by atoms with E-state index in [1.165, 1.54) is 6.92 Å². The van der Waals surface area contributed by atoms with Crippen molar-refractivity contribution in [2.24, 2.45) is 0 Å². The van der Waals surface area contributed by atoms with Crippen LogP contribution in [0.5, 0.6) is 0 Å². The fourth-order valence-corrected chi connectivity index (χ4v) is 0.296. The Morgan fingerprint density at radius 1 is 1.89 bits per heavy atom. The first kappa shape index (κ1) is 8.10. The second kappa shape index (κ2) is 4.03. The van der Waals surface area contributed by atoms with Crippen LogP contribution < -0.4 is 5.32 Å². The van der Waals surface area contributed by atoms with Crippen molar-refractivity contribution in [2.45, 2.75) is 13.0 Å². The summed E-state index contributed by atoms with van der Waals surface area (Å²) in [6.45, 7) is 1.32. The predicted octanol–water partition coefficient (Wildman–Crippen LogP) is -1.32. The summed E-state index contributed by atoms with van der Waals surface area (Å²) >= 11 is 0. The van der Waals surface area contributed by atoms with E-state index >= 15 is 0 Å². The van der Waals surface area contributed by atoms with Gasteiger partial charge in [0.15, 0.2) is 0 Å². The van der Waals surface area contributed by atoms with Crippen molar-refractivity contribution in [3.05, 3.63) is 0 Å². The summed E-state index contributed by atoms with van der Waals surface area (Å²) in [6.07, 6.45) is -0.704. The van der Waals surface area contributed by atoms with Crippen molar-refractivity contribution < 1.29 is 14.7 Å². The molecule has 0 aliphatic carbocycles. The number of hydrogen-bond acceptors (Lipinski definition) is 3. The van der Waals surface area contributed by atoms with Crippen LogP contribution in [0.2, 0.25) is 0 Å². The molecule has 4 heteroatoms. The second-order valence-electron chi connectivity index (χ2n) is 1.64. The van der Waals surface area contributed by atoms with Crippen molar-refractivity contribution in [3.8, 4) is 0 Å². The molecule has 52 valence electrons. The molecule has 1 unspecified atom stereocenters. The van der Waals surface area contributed by atoms with Gasteiger partial charge in [-0.05, 0) is 0 Å². The third-order valence-corrected chi connectivity index (χ3v) is 0.717. The van der Waals surface area contributed by atoms with Crippen molar-refractivity contribution in [1.82, 2.24) is 5.32 Å². The molecule has 0 aliphatic rings. The van der Waals surface area contributed by atoms with Gasteiger partial charge < -0.3 is 15.2 Å². The molecule has 0 aliphatic heterocycles. The number of carbonyl (C=O) groups is 2. The number of rotatable bonds is 3. The highest BCUT2D eigenvalue weighted by Crippen LogP contribution is 1.70. The molecule has 0 saturated carbocycles. The first-order valence-electron chi connectivity index (χ1n) is 2.54. The average Bonchev–Trinajstić information content (AvgIpc) is 1.83. The lowest BCUT2D eigenvalue weighted by Crippen LogP contribution is -2.30. The summed E-state index contributed by atoms with van der Waals surface area (Å²) in [5, 5.41) is 10.8. The van der Waals surface area contributed by atoms with Gasteiger partial charge in [0, 0.05) is 6.92 Å². The van der Waals surface area contributed by atoms with E-state index < -0.39 is 6.10 Å². The van der Waals surface area contributed by atoms with Gasteiger partial charge in [-0.1, -0.05) is 0 Å². The zero-order valence-corrected chi connectivity index (χ0v) is 5.13. The summed E-state index contributed by atoms with van der Waals surface area (Å²) in [4.78, 5) is 19.8. The van der Waals surface area contributed by atoms with Crippen molar-refractivity contribution in [2.75, 3.05) is 6.54 Å². The average molecular weight is 131 g/mol. The molecule has 0 spiro atoms. The summed E-state index contributed by atoms with van der Waals surface area (Å²) < 4.78 is 0. The molecule has 0 fully saturated rings. The summed E-state index contributed by atoms with van der Waals surface area (Å²) in [5.74, 6) is -0.254. The molecule has 0 heterocycles. The molecule has 0 aromatic rings. The Morgan fingerprint density at radius 3 is 2.78 bits per heavy atom. The van der Waals surface area contributed by atoms with Gasteiger partial charge in [0.1, 0.15) is 12.4 Å². The molecular formula is C5H9NO3. The van der Waals surface area contributed by atoms with E-state index in [4.69, 9.17) is 5.11 Å². The van der Waals surface area contributed by atoms with Crippen LogP contribution in [0.15, 0.2) is 0 Å². The Hall–Kier alpha value is -0.900. The molecular weight excluding hydrogens is 122 g/mol. The predicted molar refractivity (Wildman–Crippen MR) is 30.8 cm³/mol. The highest BCUT2D eigenvalue weighted by Gasteiger charge is 1.99. The minimum absolute atomic E-state index is 0.00116. The van der Waals surface area contributed by atoms with E-state index in [9.17, 15) is 9.59 Å². The normalized spacial score (nSPS) is 12.2. The van der Waals surface area contributed by atoms with Gasteiger partial charge in [-0.15, -0.1) is 0 Å². The third kappa shape index (κ3) is 4.96. The summed E-state index contributed by atoms with van der Waals surface area (Å²) in [5.41, 5.74) is 0. The third-order valence-electron chi connectivity index (χ3n) is 0.717. The number of hydrogen-bond donors (Lipinski definition) is 2. The fraction of sp³-hybridized carbons (Fsp3) is 0.600. The largest absolute Gasteiger partial charge is 0.384 e. The van der Waals surface area contributed by atoms with Gasteiger partial charge in [0.05, 0.1) is 6.54 Å². The molecule has 1 amide bonds. The SMILES string of the molecule is CC(=O)NCC(O)C=O. The van der Waals surface area contributed by atoms with Crippen LogP contribution >= 0.6 is 0 Å². The van der Waals surface area contributed by atoms with Crippen LogP contribution in [0.1, 0.15) is 6.92 Å². The Morgan fingerprint density at radius 2 is 2.44 bits per heavy atom. The highest BCUT2D eigenvalue weighted by molar-refractivity contribution is 5.73. The molecule has 1 atom stereocenters. The maximum absolute atomic E-state index is 10.1. The summed E-state index contributed by atoms with van der Waals surface area (Å²) in [7, 11) is 0. The lowest BCUT2D eigenvalue weighted by atomic mass is 10.4. The molecule has 0 saturated heterocycles. The Labute approximate surface area is 52.9 Å². The van der Waals surface area contributed by atoms with E-state index in [1.807, 2.05) is 0 Å². The topological polar surface area (TPSA) is 66.4 Å². The molecule has 0 aromatic heterocycles. The minimum Gasteiger partial charge on any atom is -0.384 e. The lowest BCUT2D eigenvalue weighted by Gasteiger charge is -2.01. The van der Waals surface area contributed by atoms with Gasteiger partial charge in [-0.3, -0.25) is 4.79 Å².